The summed E-state index contributed by atoms with van der Waals surface area (Å²) in [6, 6.07) is 9.26. The smallest absolute Gasteiger partial charge is 0.416 e. The van der Waals surface area contributed by atoms with Crippen molar-refractivity contribution in [1.29, 1.82) is 0 Å². The van der Waals surface area contributed by atoms with Crippen molar-refractivity contribution in [3.8, 4) is 5.69 Å². The van der Waals surface area contributed by atoms with Gasteiger partial charge >= 0.3 is 12.1 Å². The second-order valence-electron chi connectivity index (χ2n) is 6.82. The lowest BCUT2D eigenvalue weighted by Crippen LogP contribution is -2.23. The average Bonchev–Trinajstić information content (AvgIpc) is 3.05. The van der Waals surface area contributed by atoms with Gasteiger partial charge in [-0.3, -0.25) is 14.7 Å². The largest absolute Gasteiger partial charge is 0.478 e. The van der Waals surface area contributed by atoms with Gasteiger partial charge in [-0.05, 0) is 62.4 Å². The number of hydrazone groups is 1. The van der Waals surface area contributed by atoms with Gasteiger partial charge in [0.05, 0.1) is 28.1 Å². The molecule has 166 valence electrons. The number of aromatic carboxylic acids is 1. The van der Waals surface area contributed by atoms with Crippen LogP contribution in [0.2, 0.25) is 0 Å². The Morgan fingerprint density at radius 1 is 1.03 bits per heavy atom. The molecule has 3 N–H and O–H groups in total. The van der Waals surface area contributed by atoms with Crippen LogP contribution in [0.5, 0.6) is 0 Å². The van der Waals surface area contributed by atoms with E-state index in [4.69, 9.17) is 5.11 Å². The van der Waals surface area contributed by atoms with Crippen molar-refractivity contribution in [3.05, 3.63) is 86.8 Å². The van der Waals surface area contributed by atoms with Crippen LogP contribution < -0.4 is 11.0 Å². The van der Waals surface area contributed by atoms with Crippen molar-refractivity contribution in [2.45, 2.75) is 20.0 Å². The first kappa shape index (κ1) is 22.5. The number of nitrogens with zero attached hydrogens (tertiary/aromatic N) is 2. The molecule has 0 bridgehead atoms. The Bertz CT molecular complexity index is 1250. The van der Waals surface area contributed by atoms with Crippen LogP contribution in [0.3, 0.4) is 0 Å². The van der Waals surface area contributed by atoms with Crippen molar-refractivity contribution in [2.75, 3.05) is 0 Å². The maximum atomic E-state index is 12.8. The molecule has 8 nitrogen and oxygen atoms in total. The predicted molar refractivity (Wildman–Crippen MR) is 109 cm³/mol. The number of alkyl halides is 3. The maximum Gasteiger partial charge on any atom is 0.416 e. The Balaban J connectivity index is 1.83. The first-order valence-corrected chi connectivity index (χ1v) is 9.16. The summed E-state index contributed by atoms with van der Waals surface area (Å²) >= 11 is 0. The summed E-state index contributed by atoms with van der Waals surface area (Å²) < 4.78 is 39.3. The van der Waals surface area contributed by atoms with Crippen molar-refractivity contribution < 1.29 is 27.9 Å². The molecule has 0 aliphatic carbocycles. The van der Waals surface area contributed by atoms with Crippen LogP contribution in [-0.2, 0) is 6.18 Å². The van der Waals surface area contributed by atoms with Crippen molar-refractivity contribution in [1.82, 2.24) is 15.2 Å². The highest BCUT2D eigenvalue weighted by Gasteiger charge is 2.30. The summed E-state index contributed by atoms with van der Waals surface area (Å²) in [5, 5.41) is 15.6. The van der Waals surface area contributed by atoms with Gasteiger partial charge in [0.2, 0.25) is 0 Å². The third kappa shape index (κ3) is 4.61. The number of halogens is 3. The Morgan fingerprint density at radius 2 is 1.59 bits per heavy atom. The summed E-state index contributed by atoms with van der Waals surface area (Å²) in [5.74, 6) is -1.74. The number of carbonyl (C=O) groups is 2. The Hall–Kier alpha value is -4.15. The van der Waals surface area contributed by atoms with E-state index >= 15 is 0 Å². The number of nitrogens with one attached hydrogen (secondary N) is 2. The molecule has 1 aromatic heterocycles. The number of H-pyrrole nitrogens is 1. The molecule has 0 unspecified atom stereocenters. The van der Waals surface area contributed by atoms with Gasteiger partial charge in [-0.15, -0.1) is 0 Å². The van der Waals surface area contributed by atoms with Crippen molar-refractivity contribution in [3.63, 3.8) is 0 Å². The zero-order valence-corrected chi connectivity index (χ0v) is 16.8. The van der Waals surface area contributed by atoms with Gasteiger partial charge in [0.25, 0.3) is 11.5 Å². The molecule has 0 aliphatic rings. The zero-order chi connectivity index (χ0) is 23.6. The quantitative estimate of drug-likeness (QED) is 0.412. The number of benzene rings is 2. The highest BCUT2D eigenvalue weighted by atomic mass is 19.4. The van der Waals surface area contributed by atoms with Gasteiger partial charge in [-0.2, -0.15) is 18.3 Å². The molecule has 11 heteroatoms. The van der Waals surface area contributed by atoms with Crippen molar-refractivity contribution in [2.24, 2.45) is 5.10 Å². The number of hydrogen-bond donors (Lipinski definition) is 3. The minimum atomic E-state index is -4.49. The summed E-state index contributed by atoms with van der Waals surface area (Å²) in [7, 11) is 0. The molecule has 0 saturated heterocycles. The van der Waals surface area contributed by atoms with Crippen LogP contribution >= 0.6 is 0 Å². The highest BCUT2D eigenvalue weighted by Crippen LogP contribution is 2.29. The number of aryl methyl sites for hydroxylation is 1. The van der Waals surface area contributed by atoms with Gasteiger partial charge in [-0.25, -0.2) is 14.9 Å². The monoisotopic (exact) mass is 446 g/mol. The first-order chi connectivity index (χ1) is 15.0. The van der Waals surface area contributed by atoms with E-state index in [0.29, 0.717) is 5.69 Å². The van der Waals surface area contributed by atoms with Gasteiger partial charge in [0.15, 0.2) is 0 Å². The first-order valence-electron chi connectivity index (χ1n) is 9.16. The molecule has 32 heavy (non-hydrogen) atoms. The Morgan fingerprint density at radius 3 is 2.12 bits per heavy atom. The number of carboxylic acid groups (broad SMARTS) is 1. The molecule has 3 rings (SSSR count). The SMILES string of the molecule is CC(=NNC(=O)c1ccc(C(=O)O)cc1)c1c(C)[nH]n(-c2ccc(C(F)(F)F)cc2)c1=O. The van der Waals surface area contributed by atoms with Gasteiger partial charge in [0.1, 0.15) is 0 Å². The summed E-state index contributed by atoms with van der Waals surface area (Å²) in [6.07, 6.45) is -4.49. The molecular formula is C21H17F3N4O4. The van der Waals surface area contributed by atoms with E-state index in [-0.39, 0.29) is 28.1 Å². The second-order valence-corrected chi connectivity index (χ2v) is 6.82. The van der Waals surface area contributed by atoms with Crippen LogP contribution in [0.15, 0.2) is 58.4 Å². The Kier molecular flexibility index (Phi) is 6.01. The fourth-order valence-corrected chi connectivity index (χ4v) is 2.97. The highest BCUT2D eigenvalue weighted by molar-refractivity contribution is 6.01. The second kappa shape index (κ2) is 8.53. The predicted octanol–water partition coefficient (Wildman–Crippen LogP) is 3.35. The standard InChI is InChI=1S/C21H17F3N4O4/c1-11(25-26-18(29)13-3-5-14(6-4-13)20(31)32)17-12(2)27-28(19(17)30)16-9-7-15(8-10-16)21(22,23)24/h3-10,27H,1-2H3,(H,26,29)(H,31,32). The molecule has 0 radical (unpaired) electrons. The van der Waals surface area contributed by atoms with Crippen molar-refractivity contribution >= 4 is 17.6 Å². The van der Waals surface area contributed by atoms with E-state index in [1.807, 2.05) is 0 Å². The van der Waals surface area contributed by atoms with E-state index in [9.17, 15) is 27.6 Å². The summed E-state index contributed by atoms with van der Waals surface area (Å²) in [5.41, 5.74) is 2.00. The number of carbonyl (C=O) groups excluding carboxylic acids is 1. The lowest BCUT2D eigenvalue weighted by Gasteiger charge is -2.07. The molecule has 0 saturated carbocycles. The van der Waals surface area contributed by atoms with Crippen LogP contribution in [0, 0.1) is 6.92 Å². The maximum absolute atomic E-state index is 12.8. The number of amides is 1. The number of hydrogen-bond acceptors (Lipinski definition) is 4. The Labute approximate surface area is 179 Å². The number of carboxylic acids is 1. The van der Waals surface area contributed by atoms with E-state index in [1.54, 1.807) is 6.92 Å². The minimum absolute atomic E-state index is 0.0213. The normalized spacial score (nSPS) is 12.0. The molecule has 3 aromatic rings. The summed E-state index contributed by atoms with van der Waals surface area (Å²) in [6.45, 7) is 3.07. The topological polar surface area (TPSA) is 117 Å². The number of rotatable bonds is 5. The number of aromatic amines is 1. The fourth-order valence-electron chi connectivity index (χ4n) is 2.97. The lowest BCUT2D eigenvalue weighted by atomic mass is 10.1. The van der Waals surface area contributed by atoms with Gasteiger partial charge < -0.3 is 5.11 Å². The molecule has 1 amide bonds. The van der Waals surface area contributed by atoms with Crippen LogP contribution in [0.1, 0.15) is 44.5 Å². The molecule has 0 spiro atoms. The minimum Gasteiger partial charge on any atom is -0.478 e. The molecule has 1 heterocycles. The lowest BCUT2D eigenvalue weighted by molar-refractivity contribution is -0.137. The molecule has 0 aliphatic heterocycles. The van der Waals surface area contributed by atoms with Crippen LogP contribution in [0.25, 0.3) is 5.69 Å². The van der Waals surface area contributed by atoms with E-state index in [0.717, 1.165) is 16.8 Å². The van der Waals surface area contributed by atoms with E-state index in [1.165, 1.54) is 43.3 Å². The molecule has 0 atom stereocenters. The van der Waals surface area contributed by atoms with Gasteiger partial charge in [-0.1, -0.05) is 0 Å². The fraction of sp³-hybridized carbons (Fsp3) is 0.143. The third-order valence-corrected chi connectivity index (χ3v) is 4.61. The van der Waals surface area contributed by atoms with Crippen LogP contribution in [0.4, 0.5) is 13.2 Å². The molecule has 0 fully saturated rings. The van der Waals surface area contributed by atoms with E-state index in [2.05, 4.69) is 15.6 Å². The third-order valence-electron chi connectivity index (χ3n) is 4.61. The average molecular weight is 446 g/mol. The van der Waals surface area contributed by atoms with Crippen LogP contribution in [-0.4, -0.2) is 32.5 Å². The summed E-state index contributed by atoms with van der Waals surface area (Å²) in [4.78, 5) is 35.9. The van der Waals surface area contributed by atoms with Gasteiger partial charge in [0, 0.05) is 11.3 Å². The zero-order valence-electron chi connectivity index (χ0n) is 16.8. The molecule has 2 aromatic carbocycles. The van der Waals surface area contributed by atoms with E-state index < -0.39 is 29.2 Å². The molecular weight excluding hydrogens is 429 g/mol. The number of aromatic nitrogens is 2.